The first-order chi connectivity index (χ1) is 9.29. The minimum Gasteiger partial charge on any atom is -0.381 e. The maximum Gasteiger partial charge on any atom is 0.125 e. The molecule has 1 N–H and O–H groups in total. The van der Waals surface area contributed by atoms with Crippen molar-refractivity contribution in [3.63, 3.8) is 0 Å². The van der Waals surface area contributed by atoms with Gasteiger partial charge in [0.05, 0.1) is 5.69 Å². The number of rotatable bonds is 5. The van der Waals surface area contributed by atoms with E-state index in [0.717, 1.165) is 37.6 Å². The summed E-state index contributed by atoms with van der Waals surface area (Å²) in [7, 11) is 3.80. The Hall–Kier alpha value is -0.490. The van der Waals surface area contributed by atoms with Crippen LogP contribution in [0.2, 0.25) is 0 Å². The molecule has 5 heteroatoms. The van der Waals surface area contributed by atoms with Crippen LogP contribution in [0.15, 0.2) is 0 Å². The van der Waals surface area contributed by atoms with Gasteiger partial charge in [0.25, 0.3) is 0 Å². The summed E-state index contributed by atoms with van der Waals surface area (Å²) in [5.74, 6) is 0.696. The molecule has 0 aromatic carbocycles. The number of thiazole rings is 1. The number of hydrogen-bond donors (Lipinski definition) is 1. The first kappa shape index (κ1) is 13.5. The quantitative estimate of drug-likeness (QED) is 0.900. The lowest BCUT2D eigenvalue weighted by Crippen LogP contribution is -2.35. The van der Waals surface area contributed by atoms with Crippen LogP contribution < -0.4 is 5.32 Å². The van der Waals surface area contributed by atoms with Crippen LogP contribution in [0.1, 0.15) is 47.2 Å². The van der Waals surface area contributed by atoms with Gasteiger partial charge in [-0.05, 0) is 19.9 Å². The molecule has 0 amide bonds. The normalized spacial score (nSPS) is 22.6. The fraction of sp³-hybridized carbons (Fsp3) is 0.786. The molecule has 2 fully saturated rings. The van der Waals surface area contributed by atoms with Crippen molar-refractivity contribution in [2.75, 3.05) is 27.4 Å². The summed E-state index contributed by atoms with van der Waals surface area (Å²) >= 11 is 1.83. The summed E-state index contributed by atoms with van der Waals surface area (Å²) in [5.41, 5.74) is 1.11. The van der Waals surface area contributed by atoms with Gasteiger partial charge >= 0.3 is 0 Å². The van der Waals surface area contributed by atoms with Crippen LogP contribution in [0.3, 0.4) is 0 Å². The van der Waals surface area contributed by atoms with Crippen LogP contribution in [-0.2, 0) is 21.6 Å². The standard InChI is InChI=1S/C14H22N2O2S/c1-15-9-11-12(10-3-4-10)16-13(19-11)14(17-2)5-7-18-8-6-14/h10,15H,3-9H2,1-2H3. The molecule has 19 heavy (non-hydrogen) atoms. The highest BCUT2D eigenvalue weighted by Gasteiger charge is 2.40. The highest BCUT2D eigenvalue weighted by atomic mass is 32.1. The molecular formula is C14H22N2O2S. The minimum atomic E-state index is -0.210. The third kappa shape index (κ3) is 2.57. The average Bonchev–Trinajstić information content (AvgIpc) is 3.21. The van der Waals surface area contributed by atoms with E-state index in [1.54, 1.807) is 7.11 Å². The van der Waals surface area contributed by atoms with Crippen molar-refractivity contribution in [1.82, 2.24) is 10.3 Å². The molecule has 1 aliphatic heterocycles. The molecule has 0 bridgehead atoms. The van der Waals surface area contributed by atoms with Gasteiger partial charge in [-0.25, -0.2) is 4.98 Å². The summed E-state index contributed by atoms with van der Waals surface area (Å²) in [5, 5.41) is 4.42. The molecular weight excluding hydrogens is 260 g/mol. The second-order valence-electron chi connectivity index (χ2n) is 5.44. The maximum absolute atomic E-state index is 5.86. The molecule has 4 nitrogen and oxygen atoms in total. The van der Waals surface area contributed by atoms with Crippen molar-refractivity contribution in [2.24, 2.45) is 0 Å². The third-order valence-electron chi connectivity index (χ3n) is 4.11. The predicted molar refractivity (Wildman–Crippen MR) is 75.6 cm³/mol. The molecule has 3 rings (SSSR count). The zero-order valence-electron chi connectivity index (χ0n) is 11.7. The van der Waals surface area contributed by atoms with E-state index in [2.05, 4.69) is 5.32 Å². The Morgan fingerprint density at radius 1 is 1.42 bits per heavy atom. The van der Waals surface area contributed by atoms with Crippen LogP contribution in [0, 0.1) is 0 Å². The molecule has 1 aromatic heterocycles. The highest BCUT2D eigenvalue weighted by molar-refractivity contribution is 7.11. The molecule has 1 saturated carbocycles. The molecule has 106 valence electrons. The molecule has 2 heterocycles. The predicted octanol–water partition coefficient (Wildman–Crippen LogP) is 2.39. The van der Waals surface area contributed by atoms with E-state index in [0.29, 0.717) is 5.92 Å². The van der Waals surface area contributed by atoms with Crippen LogP contribution in [0.5, 0.6) is 0 Å². The van der Waals surface area contributed by atoms with Crippen LogP contribution in [0.4, 0.5) is 0 Å². The summed E-state index contributed by atoms with van der Waals surface area (Å²) in [6, 6.07) is 0. The first-order valence-corrected chi connectivity index (χ1v) is 7.88. The third-order valence-corrected chi connectivity index (χ3v) is 5.37. The fourth-order valence-corrected chi connectivity index (χ4v) is 4.11. The van der Waals surface area contributed by atoms with Crippen molar-refractivity contribution < 1.29 is 9.47 Å². The summed E-state index contributed by atoms with van der Waals surface area (Å²) < 4.78 is 11.3. The number of hydrogen-bond acceptors (Lipinski definition) is 5. The maximum atomic E-state index is 5.86. The van der Waals surface area contributed by atoms with E-state index in [1.807, 2.05) is 18.4 Å². The van der Waals surface area contributed by atoms with E-state index in [-0.39, 0.29) is 5.60 Å². The van der Waals surface area contributed by atoms with Crippen molar-refractivity contribution in [2.45, 2.75) is 43.7 Å². The zero-order chi connectivity index (χ0) is 13.3. The van der Waals surface area contributed by atoms with Crippen molar-refractivity contribution >= 4 is 11.3 Å². The van der Waals surface area contributed by atoms with Gasteiger partial charge in [0.2, 0.25) is 0 Å². The first-order valence-electron chi connectivity index (χ1n) is 7.06. The van der Waals surface area contributed by atoms with E-state index in [1.165, 1.54) is 23.4 Å². The van der Waals surface area contributed by atoms with E-state index >= 15 is 0 Å². The van der Waals surface area contributed by atoms with Gasteiger partial charge in [-0.1, -0.05) is 0 Å². The molecule has 2 aliphatic rings. The van der Waals surface area contributed by atoms with Crippen LogP contribution in [0.25, 0.3) is 0 Å². The zero-order valence-corrected chi connectivity index (χ0v) is 12.5. The Morgan fingerprint density at radius 3 is 2.74 bits per heavy atom. The lowest BCUT2D eigenvalue weighted by atomic mass is 9.95. The number of ether oxygens (including phenoxy) is 2. The van der Waals surface area contributed by atoms with E-state index in [4.69, 9.17) is 14.5 Å². The molecule has 0 atom stereocenters. The van der Waals surface area contributed by atoms with Gasteiger partial charge in [0, 0.05) is 50.5 Å². The monoisotopic (exact) mass is 282 g/mol. The van der Waals surface area contributed by atoms with E-state index in [9.17, 15) is 0 Å². The Bertz CT molecular complexity index is 437. The summed E-state index contributed by atoms with van der Waals surface area (Å²) in [6.45, 7) is 2.46. The minimum absolute atomic E-state index is 0.210. The van der Waals surface area contributed by atoms with E-state index < -0.39 is 0 Å². The highest BCUT2D eigenvalue weighted by Crippen LogP contribution is 2.46. The SMILES string of the molecule is CNCc1sc(C2(OC)CCOCC2)nc1C1CC1. The van der Waals surface area contributed by atoms with Gasteiger partial charge in [-0.2, -0.15) is 0 Å². The Balaban J connectivity index is 1.92. The summed E-state index contributed by atoms with van der Waals surface area (Å²) in [4.78, 5) is 6.35. The lowest BCUT2D eigenvalue weighted by Gasteiger charge is -2.33. The van der Waals surface area contributed by atoms with Crippen LogP contribution in [-0.4, -0.2) is 32.4 Å². The molecule has 1 aliphatic carbocycles. The molecule has 0 spiro atoms. The largest absolute Gasteiger partial charge is 0.381 e. The van der Waals surface area contributed by atoms with Crippen molar-refractivity contribution in [3.8, 4) is 0 Å². The van der Waals surface area contributed by atoms with Gasteiger partial charge in [0.15, 0.2) is 0 Å². The van der Waals surface area contributed by atoms with Crippen LogP contribution >= 0.6 is 11.3 Å². The second-order valence-corrected chi connectivity index (χ2v) is 6.53. The molecule has 0 radical (unpaired) electrons. The molecule has 1 saturated heterocycles. The Labute approximate surface area is 118 Å². The fourth-order valence-electron chi connectivity index (χ4n) is 2.73. The van der Waals surface area contributed by atoms with Gasteiger partial charge in [-0.3, -0.25) is 0 Å². The van der Waals surface area contributed by atoms with Gasteiger partial charge < -0.3 is 14.8 Å². The number of nitrogens with one attached hydrogen (secondary N) is 1. The number of aromatic nitrogens is 1. The smallest absolute Gasteiger partial charge is 0.125 e. The van der Waals surface area contributed by atoms with Crippen molar-refractivity contribution in [1.29, 1.82) is 0 Å². The Kier molecular flexibility index (Phi) is 3.89. The average molecular weight is 282 g/mol. The topological polar surface area (TPSA) is 43.4 Å². The molecule has 0 unspecified atom stereocenters. The number of nitrogens with zero attached hydrogens (tertiary/aromatic N) is 1. The van der Waals surface area contributed by atoms with Gasteiger partial charge in [0.1, 0.15) is 10.6 Å². The Morgan fingerprint density at radius 2 is 2.16 bits per heavy atom. The van der Waals surface area contributed by atoms with Crippen molar-refractivity contribution in [3.05, 3.63) is 15.6 Å². The lowest BCUT2D eigenvalue weighted by molar-refractivity contribution is -0.0948. The number of methoxy groups -OCH3 is 1. The summed E-state index contributed by atoms with van der Waals surface area (Å²) in [6.07, 6.45) is 4.42. The second kappa shape index (κ2) is 5.48. The van der Waals surface area contributed by atoms with Gasteiger partial charge in [-0.15, -0.1) is 11.3 Å². The molecule has 1 aromatic rings.